The van der Waals surface area contributed by atoms with Crippen LogP contribution in [0.1, 0.15) is 42.9 Å². The molecule has 3 aromatic rings. The molecule has 0 radical (unpaired) electrons. The molecule has 190 valence electrons. The number of carbonyl (C=O) groups is 1. The summed E-state index contributed by atoms with van der Waals surface area (Å²) in [5.41, 5.74) is 5.17. The summed E-state index contributed by atoms with van der Waals surface area (Å²) in [6, 6.07) is 17.0. The van der Waals surface area contributed by atoms with Crippen molar-refractivity contribution in [3.05, 3.63) is 82.0 Å². The van der Waals surface area contributed by atoms with Gasteiger partial charge in [-0.2, -0.15) is 0 Å². The van der Waals surface area contributed by atoms with Crippen LogP contribution in [0.15, 0.2) is 65.9 Å². The molecule has 0 saturated carbocycles. The highest BCUT2D eigenvalue weighted by Crippen LogP contribution is 2.48. The van der Waals surface area contributed by atoms with E-state index in [9.17, 15) is 4.79 Å². The minimum Gasteiger partial charge on any atom is -0.493 e. The Morgan fingerprint density at radius 3 is 2.57 bits per heavy atom. The standard InChI is InChI=1S/C29H27ClN2O5/c1-3-35-24-9-8-16(12-25(24)34-2)17-10-22-28(23(33)11-17)29(32-21-7-5-4-6-20(21)31-22)18-13-26-27(14-19(18)30)37-15-36-26/h4-9,12-14,17,29,31-32H,3,10-11,15H2,1-2H3/t17-,29-/m0/s1. The summed E-state index contributed by atoms with van der Waals surface area (Å²) < 4.78 is 22.4. The van der Waals surface area contributed by atoms with Crippen LogP contribution in [0.25, 0.3) is 0 Å². The number of hydrogen-bond donors (Lipinski definition) is 2. The van der Waals surface area contributed by atoms with Gasteiger partial charge in [-0.3, -0.25) is 4.79 Å². The predicted octanol–water partition coefficient (Wildman–Crippen LogP) is 6.46. The molecule has 2 aliphatic heterocycles. The second kappa shape index (κ2) is 9.56. The third kappa shape index (κ3) is 4.23. The number of Topliss-reactive ketones (excluding diaryl/α,β-unsaturated/α-hetero) is 1. The van der Waals surface area contributed by atoms with Gasteiger partial charge in [0.25, 0.3) is 0 Å². The molecule has 3 aliphatic rings. The largest absolute Gasteiger partial charge is 0.493 e. The van der Waals surface area contributed by atoms with Gasteiger partial charge >= 0.3 is 0 Å². The molecule has 2 N–H and O–H groups in total. The lowest BCUT2D eigenvalue weighted by atomic mass is 9.78. The van der Waals surface area contributed by atoms with E-state index in [4.69, 9.17) is 30.5 Å². The smallest absolute Gasteiger partial charge is 0.231 e. The van der Waals surface area contributed by atoms with Crippen molar-refractivity contribution in [2.45, 2.75) is 31.7 Å². The summed E-state index contributed by atoms with van der Waals surface area (Å²) in [5, 5.41) is 7.65. The minimum atomic E-state index is -0.448. The van der Waals surface area contributed by atoms with Crippen molar-refractivity contribution in [1.82, 2.24) is 0 Å². The zero-order chi connectivity index (χ0) is 25.5. The number of rotatable bonds is 5. The summed E-state index contributed by atoms with van der Waals surface area (Å²) in [6.07, 6.45) is 1.03. The molecule has 0 aromatic heterocycles. The highest BCUT2D eigenvalue weighted by atomic mass is 35.5. The highest BCUT2D eigenvalue weighted by molar-refractivity contribution is 6.31. The maximum atomic E-state index is 13.9. The van der Waals surface area contributed by atoms with Crippen LogP contribution in [0.3, 0.4) is 0 Å². The number of nitrogens with one attached hydrogen (secondary N) is 2. The molecule has 8 heteroatoms. The van der Waals surface area contributed by atoms with Gasteiger partial charge in [0, 0.05) is 29.3 Å². The maximum absolute atomic E-state index is 13.9. The van der Waals surface area contributed by atoms with Crippen LogP contribution < -0.4 is 29.6 Å². The average Bonchev–Trinajstić information content (AvgIpc) is 3.28. The highest BCUT2D eigenvalue weighted by Gasteiger charge is 2.37. The molecule has 0 saturated heterocycles. The number of hydrogen-bond acceptors (Lipinski definition) is 7. The molecule has 6 rings (SSSR count). The Kier molecular flexibility index (Phi) is 6.08. The second-order valence-electron chi connectivity index (χ2n) is 9.24. The molecule has 0 unspecified atom stereocenters. The Hall–Kier alpha value is -3.84. The molecule has 3 aromatic carbocycles. The third-order valence-corrected chi connectivity index (χ3v) is 7.40. The number of halogens is 1. The Morgan fingerprint density at radius 2 is 1.78 bits per heavy atom. The van der Waals surface area contributed by atoms with Crippen molar-refractivity contribution in [3.8, 4) is 23.0 Å². The van der Waals surface area contributed by atoms with E-state index in [2.05, 4.69) is 10.6 Å². The van der Waals surface area contributed by atoms with Gasteiger partial charge in [-0.1, -0.05) is 29.8 Å². The molecular weight excluding hydrogens is 492 g/mol. The van der Waals surface area contributed by atoms with E-state index in [0.29, 0.717) is 53.0 Å². The molecule has 0 spiro atoms. The first-order valence-electron chi connectivity index (χ1n) is 12.3. The van der Waals surface area contributed by atoms with Crippen LogP contribution in [0, 0.1) is 0 Å². The number of fused-ring (bicyclic) bond motifs is 2. The van der Waals surface area contributed by atoms with Crippen molar-refractivity contribution >= 4 is 28.8 Å². The number of carbonyl (C=O) groups excluding carboxylic acids is 1. The number of anilines is 2. The van der Waals surface area contributed by atoms with Crippen LogP contribution in [-0.4, -0.2) is 26.3 Å². The fourth-order valence-corrected chi connectivity index (χ4v) is 5.59. The lowest BCUT2D eigenvalue weighted by Gasteiger charge is -2.30. The molecule has 7 nitrogen and oxygen atoms in total. The molecule has 2 heterocycles. The van der Waals surface area contributed by atoms with Crippen LogP contribution in [0.2, 0.25) is 5.02 Å². The van der Waals surface area contributed by atoms with Crippen LogP contribution >= 0.6 is 11.6 Å². The zero-order valence-electron chi connectivity index (χ0n) is 20.6. The number of ether oxygens (including phenoxy) is 4. The van der Waals surface area contributed by atoms with Crippen molar-refractivity contribution in [3.63, 3.8) is 0 Å². The number of ketones is 1. The van der Waals surface area contributed by atoms with E-state index in [0.717, 1.165) is 28.2 Å². The van der Waals surface area contributed by atoms with Crippen molar-refractivity contribution in [2.75, 3.05) is 31.1 Å². The summed E-state index contributed by atoms with van der Waals surface area (Å²) in [4.78, 5) is 13.9. The Labute approximate surface area is 220 Å². The van der Waals surface area contributed by atoms with Gasteiger partial charge in [0.2, 0.25) is 6.79 Å². The van der Waals surface area contributed by atoms with E-state index < -0.39 is 6.04 Å². The Balaban J connectivity index is 1.43. The summed E-state index contributed by atoms with van der Waals surface area (Å²) in [7, 11) is 1.63. The summed E-state index contributed by atoms with van der Waals surface area (Å²) in [5.74, 6) is 2.63. The van der Waals surface area contributed by atoms with Crippen molar-refractivity contribution in [1.29, 1.82) is 0 Å². The second-order valence-corrected chi connectivity index (χ2v) is 9.65. The van der Waals surface area contributed by atoms with E-state index in [1.807, 2.05) is 55.5 Å². The van der Waals surface area contributed by atoms with E-state index >= 15 is 0 Å². The normalized spacial score (nSPS) is 19.8. The van der Waals surface area contributed by atoms with Gasteiger partial charge in [0.05, 0.1) is 36.2 Å². The van der Waals surface area contributed by atoms with Gasteiger partial charge in [-0.15, -0.1) is 0 Å². The SMILES string of the molecule is CCOc1ccc([C@@H]2CC(=O)C3=C(C2)Nc2ccccc2N[C@H]3c2cc3c(cc2Cl)OCO3)cc1OC. The summed E-state index contributed by atoms with van der Waals surface area (Å²) in [6.45, 7) is 2.64. The first kappa shape index (κ1) is 23.6. The van der Waals surface area contributed by atoms with Crippen LogP contribution in [0.4, 0.5) is 11.4 Å². The lowest BCUT2D eigenvalue weighted by molar-refractivity contribution is -0.116. The van der Waals surface area contributed by atoms with E-state index in [1.165, 1.54) is 0 Å². The minimum absolute atomic E-state index is 0.0125. The van der Waals surface area contributed by atoms with E-state index in [-0.39, 0.29) is 18.5 Å². The lowest BCUT2D eigenvalue weighted by Crippen LogP contribution is -2.27. The van der Waals surface area contributed by atoms with Gasteiger partial charge in [-0.05, 0) is 55.2 Å². The predicted molar refractivity (Wildman–Crippen MR) is 142 cm³/mol. The molecule has 0 bridgehead atoms. The number of methoxy groups -OCH3 is 1. The number of para-hydroxylation sites is 2. The molecule has 37 heavy (non-hydrogen) atoms. The van der Waals surface area contributed by atoms with Gasteiger partial charge in [0.15, 0.2) is 28.8 Å². The van der Waals surface area contributed by atoms with Gasteiger partial charge < -0.3 is 29.6 Å². The molecule has 0 fully saturated rings. The van der Waals surface area contributed by atoms with Gasteiger partial charge in [-0.25, -0.2) is 0 Å². The molecule has 1 aliphatic carbocycles. The first-order chi connectivity index (χ1) is 18.1. The third-order valence-electron chi connectivity index (χ3n) is 7.07. The quantitative estimate of drug-likeness (QED) is 0.401. The summed E-state index contributed by atoms with van der Waals surface area (Å²) >= 11 is 6.74. The Bertz CT molecular complexity index is 1420. The first-order valence-corrected chi connectivity index (χ1v) is 12.7. The fourth-order valence-electron chi connectivity index (χ4n) is 5.33. The van der Waals surface area contributed by atoms with Gasteiger partial charge in [0.1, 0.15) is 0 Å². The fraction of sp³-hybridized carbons (Fsp3) is 0.276. The monoisotopic (exact) mass is 518 g/mol. The molecular formula is C29H27ClN2O5. The number of allylic oxidation sites excluding steroid dienone is 1. The molecule has 0 amide bonds. The topological polar surface area (TPSA) is 78.1 Å². The molecule has 2 atom stereocenters. The number of benzene rings is 3. The van der Waals surface area contributed by atoms with E-state index in [1.54, 1.807) is 13.2 Å². The Morgan fingerprint density at radius 1 is 1.00 bits per heavy atom. The average molecular weight is 519 g/mol. The van der Waals surface area contributed by atoms with Crippen molar-refractivity contribution < 1.29 is 23.7 Å². The van der Waals surface area contributed by atoms with Crippen LogP contribution in [0.5, 0.6) is 23.0 Å². The van der Waals surface area contributed by atoms with Crippen molar-refractivity contribution in [2.24, 2.45) is 0 Å². The van der Waals surface area contributed by atoms with Crippen LogP contribution in [-0.2, 0) is 4.79 Å². The zero-order valence-corrected chi connectivity index (χ0v) is 21.4. The maximum Gasteiger partial charge on any atom is 0.231 e.